The van der Waals surface area contributed by atoms with E-state index in [4.69, 9.17) is 0 Å². The molecule has 0 saturated carbocycles. The van der Waals surface area contributed by atoms with Crippen LogP contribution in [0.3, 0.4) is 0 Å². The Morgan fingerprint density at radius 1 is 1.25 bits per heavy atom. The number of hydrogen-bond acceptors (Lipinski definition) is 1. The fourth-order valence-corrected chi connectivity index (χ4v) is 2.46. The second kappa shape index (κ2) is 4.54. The summed E-state index contributed by atoms with van der Waals surface area (Å²) in [7, 11) is 0. The lowest BCUT2D eigenvalue weighted by Gasteiger charge is -2.25. The van der Waals surface area contributed by atoms with Crippen LogP contribution in [0.2, 0.25) is 0 Å². The normalized spacial score (nSPS) is 22.1. The molecular weight excluding hydrogens is 196 g/mol. The average Bonchev–Trinajstić information content (AvgIpc) is 2.29. The second-order valence-corrected chi connectivity index (χ2v) is 5.67. The van der Waals surface area contributed by atoms with Crippen molar-refractivity contribution in [3.8, 4) is 0 Å². The summed E-state index contributed by atoms with van der Waals surface area (Å²) in [6.07, 6.45) is 6.13. The summed E-state index contributed by atoms with van der Waals surface area (Å²) in [6, 6.07) is 7.06. The maximum absolute atomic E-state index is 3.63. The summed E-state index contributed by atoms with van der Waals surface area (Å²) < 4.78 is 2.40. The van der Waals surface area contributed by atoms with Crippen molar-refractivity contribution in [2.75, 3.05) is 6.54 Å². The van der Waals surface area contributed by atoms with Crippen LogP contribution in [-0.4, -0.2) is 6.54 Å². The van der Waals surface area contributed by atoms with Crippen LogP contribution in [0.25, 0.3) is 0 Å². The molecule has 2 heteroatoms. The summed E-state index contributed by atoms with van der Waals surface area (Å²) in [5.41, 5.74) is 1.59. The minimum Gasteiger partial charge on any atom is -0.305 e. The highest BCUT2D eigenvalue weighted by Crippen LogP contribution is 2.21. The lowest BCUT2D eigenvalue weighted by Crippen LogP contribution is -2.54. The van der Waals surface area contributed by atoms with Crippen LogP contribution < -0.4 is 9.88 Å². The summed E-state index contributed by atoms with van der Waals surface area (Å²) >= 11 is 0. The van der Waals surface area contributed by atoms with Crippen LogP contribution in [0.4, 0.5) is 0 Å². The Morgan fingerprint density at radius 2 is 2.06 bits per heavy atom. The predicted molar refractivity (Wildman–Crippen MR) is 66.2 cm³/mol. The molecular formula is C14H23N2+. The average molecular weight is 219 g/mol. The summed E-state index contributed by atoms with van der Waals surface area (Å²) in [5, 5.41) is 3.63. The van der Waals surface area contributed by atoms with Gasteiger partial charge in [0.2, 0.25) is 0 Å². The van der Waals surface area contributed by atoms with E-state index in [1.165, 1.54) is 25.0 Å². The fraction of sp³-hybridized carbons (Fsp3) is 0.643. The van der Waals surface area contributed by atoms with Gasteiger partial charge in [0.05, 0.1) is 6.04 Å². The van der Waals surface area contributed by atoms with Gasteiger partial charge in [-0.25, -0.2) is 0 Å². The van der Waals surface area contributed by atoms with Gasteiger partial charge >= 0.3 is 0 Å². The Hall–Kier alpha value is -0.890. The van der Waals surface area contributed by atoms with Gasteiger partial charge in [-0.05, 0) is 19.4 Å². The highest BCUT2D eigenvalue weighted by atomic mass is 15.1. The first kappa shape index (κ1) is 11.6. The molecule has 1 unspecified atom stereocenters. The molecule has 1 fully saturated rings. The molecule has 1 aliphatic rings. The Labute approximate surface area is 98.7 Å². The number of hydrogen-bond donors (Lipinski definition) is 1. The van der Waals surface area contributed by atoms with Crippen LogP contribution >= 0.6 is 0 Å². The van der Waals surface area contributed by atoms with Crippen molar-refractivity contribution in [3.05, 3.63) is 30.1 Å². The molecule has 1 saturated heterocycles. The molecule has 1 atom stereocenters. The van der Waals surface area contributed by atoms with Gasteiger partial charge in [-0.1, -0.05) is 12.5 Å². The van der Waals surface area contributed by atoms with Crippen molar-refractivity contribution in [3.63, 3.8) is 0 Å². The largest absolute Gasteiger partial charge is 0.305 e. The molecule has 1 aromatic rings. The first-order valence-corrected chi connectivity index (χ1v) is 6.33. The molecule has 0 spiro atoms. The van der Waals surface area contributed by atoms with E-state index in [-0.39, 0.29) is 5.54 Å². The Morgan fingerprint density at radius 3 is 2.69 bits per heavy atom. The van der Waals surface area contributed by atoms with E-state index in [1.54, 1.807) is 0 Å². The third-order valence-corrected chi connectivity index (χ3v) is 3.28. The Balaban J connectivity index is 2.32. The van der Waals surface area contributed by atoms with Gasteiger partial charge in [-0.3, -0.25) is 0 Å². The Bertz CT molecular complexity index is 346. The van der Waals surface area contributed by atoms with Crippen LogP contribution in [0, 0.1) is 0 Å². The first-order valence-electron chi connectivity index (χ1n) is 6.33. The lowest BCUT2D eigenvalue weighted by molar-refractivity contribution is -0.761. The standard InChI is InChI=1S/C14H23N2/c1-14(2,3)16-11-7-5-9-13(16)12-8-4-6-10-15-12/h5,7,9,11-12,15H,4,6,8,10H2,1-3H3/q+1. The third kappa shape index (κ3) is 2.43. The van der Waals surface area contributed by atoms with Crippen LogP contribution in [-0.2, 0) is 5.54 Å². The smallest absolute Gasteiger partial charge is 0.198 e. The highest BCUT2D eigenvalue weighted by molar-refractivity contribution is 5.04. The molecule has 0 amide bonds. The van der Waals surface area contributed by atoms with Crippen LogP contribution in [0.5, 0.6) is 0 Å². The summed E-state index contributed by atoms with van der Waals surface area (Å²) in [6.45, 7) is 7.95. The summed E-state index contributed by atoms with van der Waals surface area (Å²) in [5.74, 6) is 0. The minimum absolute atomic E-state index is 0.162. The summed E-state index contributed by atoms with van der Waals surface area (Å²) in [4.78, 5) is 0. The molecule has 1 N–H and O–H groups in total. The van der Waals surface area contributed by atoms with Crippen LogP contribution in [0.1, 0.15) is 51.8 Å². The molecule has 0 radical (unpaired) electrons. The zero-order valence-electron chi connectivity index (χ0n) is 10.7. The van der Waals surface area contributed by atoms with E-state index in [1.807, 2.05) is 0 Å². The topological polar surface area (TPSA) is 15.9 Å². The molecule has 1 aromatic heterocycles. The van der Waals surface area contributed by atoms with Gasteiger partial charge in [0.1, 0.15) is 0 Å². The predicted octanol–water partition coefficient (Wildman–Crippen LogP) is 2.54. The van der Waals surface area contributed by atoms with Gasteiger partial charge in [0, 0.05) is 32.9 Å². The molecule has 0 aromatic carbocycles. The van der Waals surface area contributed by atoms with E-state index in [9.17, 15) is 0 Å². The third-order valence-electron chi connectivity index (χ3n) is 3.28. The van der Waals surface area contributed by atoms with E-state index in [0.717, 1.165) is 6.54 Å². The number of nitrogens with zero attached hydrogens (tertiary/aromatic N) is 1. The molecule has 0 bridgehead atoms. The SMILES string of the molecule is CC(C)(C)[n+]1ccccc1C1CCCCN1. The fourth-order valence-electron chi connectivity index (χ4n) is 2.46. The van der Waals surface area contributed by atoms with Crippen molar-refractivity contribution in [1.82, 2.24) is 5.32 Å². The number of piperidine rings is 1. The van der Waals surface area contributed by atoms with Gasteiger partial charge in [0.15, 0.2) is 17.4 Å². The maximum Gasteiger partial charge on any atom is 0.198 e. The molecule has 2 nitrogen and oxygen atoms in total. The minimum atomic E-state index is 0.162. The molecule has 0 aliphatic carbocycles. The number of aromatic nitrogens is 1. The molecule has 1 aliphatic heterocycles. The van der Waals surface area contributed by atoms with Gasteiger partial charge in [-0.15, -0.1) is 0 Å². The highest BCUT2D eigenvalue weighted by Gasteiger charge is 2.30. The van der Waals surface area contributed by atoms with Crippen molar-refractivity contribution in [1.29, 1.82) is 0 Å². The van der Waals surface area contributed by atoms with E-state index >= 15 is 0 Å². The van der Waals surface area contributed by atoms with Crippen LogP contribution in [0.15, 0.2) is 24.4 Å². The van der Waals surface area contributed by atoms with Gasteiger partial charge in [-0.2, -0.15) is 4.57 Å². The number of nitrogens with one attached hydrogen (secondary N) is 1. The monoisotopic (exact) mass is 219 g/mol. The quantitative estimate of drug-likeness (QED) is 0.718. The van der Waals surface area contributed by atoms with Crippen molar-refractivity contribution in [2.45, 2.75) is 51.6 Å². The van der Waals surface area contributed by atoms with E-state index in [2.05, 4.69) is 55.1 Å². The Kier molecular flexibility index (Phi) is 3.29. The number of rotatable bonds is 1. The second-order valence-electron chi connectivity index (χ2n) is 5.67. The van der Waals surface area contributed by atoms with Crippen molar-refractivity contribution >= 4 is 0 Å². The zero-order chi connectivity index (χ0) is 11.6. The van der Waals surface area contributed by atoms with Crippen molar-refractivity contribution < 1.29 is 4.57 Å². The van der Waals surface area contributed by atoms with Gasteiger partial charge in [0.25, 0.3) is 0 Å². The number of pyridine rings is 1. The van der Waals surface area contributed by atoms with Crippen molar-refractivity contribution in [2.24, 2.45) is 0 Å². The van der Waals surface area contributed by atoms with Gasteiger partial charge < -0.3 is 5.32 Å². The molecule has 2 rings (SSSR count). The molecule has 2 heterocycles. The van der Waals surface area contributed by atoms with E-state index < -0.39 is 0 Å². The maximum atomic E-state index is 3.63. The zero-order valence-corrected chi connectivity index (χ0v) is 10.7. The molecule has 16 heavy (non-hydrogen) atoms. The molecule has 88 valence electrons. The lowest BCUT2D eigenvalue weighted by atomic mass is 9.99. The first-order chi connectivity index (χ1) is 7.59. The van der Waals surface area contributed by atoms with E-state index in [0.29, 0.717) is 6.04 Å².